The van der Waals surface area contributed by atoms with Gasteiger partial charge in [-0.05, 0) is 20.4 Å². The average Bonchev–Trinajstić information content (AvgIpc) is 2.89. The molecule has 3 fully saturated rings. The van der Waals surface area contributed by atoms with Crippen LogP contribution >= 0.6 is 0 Å². The Hall–Kier alpha value is -1.13. The lowest BCUT2D eigenvalue weighted by atomic mass is 9.83. The number of likely N-dealkylation sites (N-methyl/N-ethyl adjacent to an activating group) is 1. The van der Waals surface area contributed by atoms with Crippen LogP contribution in [0.2, 0.25) is 0 Å². The summed E-state index contributed by atoms with van der Waals surface area (Å²) in [5.41, 5.74) is 15.8. The topological polar surface area (TPSA) is 298 Å². The molecule has 228 valence electrons. The van der Waals surface area contributed by atoms with Gasteiger partial charge >= 0.3 is 0 Å². The minimum Gasteiger partial charge on any atom is -0.388 e. The molecule has 1 saturated carbocycles. The summed E-state index contributed by atoms with van der Waals surface area (Å²) in [5.74, 6) is -0.857. The van der Waals surface area contributed by atoms with E-state index in [1.807, 2.05) is 0 Å². The zero-order valence-corrected chi connectivity index (χ0v) is 21.8. The SMILES string of the molecule is CNC1C(O)[C@@H](OC2[C@@H](O)[C@H](O[C@H]3O[C@H](CN)[C@@H](O)C(O)C3O)C(N)C[C@H]2NC(=O)[C@@H](O)CN)OC[C@]1(C)O. The molecule has 0 aromatic heterocycles. The molecular weight excluding hydrogens is 526 g/mol. The van der Waals surface area contributed by atoms with Crippen LogP contribution in [0, 0.1) is 0 Å². The fourth-order valence-electron chi connectivity index (χ4n) is 5.22. The maximum Gasteiger partial charge on any atom is 0.250 e. The predicted molar refractivity (Wildman–Crippen MR) is 130 cm³/mol. The third kappa shape index (κ3) is 6.85. The molecule has 6 unspecified atom stereocenters. The molecule has 0 aromatic carbocycles. The molecule has 3 rings (SSSR count). The second-order valence-electron chi connectivity index (χ2n) is 10.5. The molecular formula is C22H43N5O12. The van der Waals surface area contributed by atoms with Crippen LogP contribution in [0.25, 0.3) is 0 Å². The molecule has 0 aromatic rings. The molecule has 0 spiro atoms. The van der Waals surface area contributed by atoms with Crippen LogP contribution in [0.15, 0.2) is 0 Å². The van der Waals surface area contributed by atoms with Crippen molar-refractivity contribution in [1.29, 1.82) is 0 Å². The number of hydrogen-bond acceptors (Lipinski definition) is 16. The van der Waals surface area contributed by atoms with Gasteiger partial charge in [0.1, 0.15) is 60.5 Å². The molecule has 1 aliphatic carbocycles. The molecule has 0 radical (unpaired) electrons. The molecule has 2 saturated heterocycles. The number of nitrogens with one attached hydrogen (secondary N) is 2. The van der Waals surface area contributed by atoms with Crippen molar-refractivity contribution in [2.24, 2.45) is 17.2 Å². The summed E-state index contributed by atoms with van der Waals surface area (Å²) in [6.45, 7) is 0.634. The van der Waals surface area contributed by atoms with E-state index >= 15 is 0 Å². The van der Waals surface area contributed by atoms with Gasteiger partial charge in [-0.3, -0.25) is 4.79 Å². The van der Waals surface area contributed by atoms with E-state index in [9.17, 15) is 40.5 Å². The van der Waals surface area contributed by atoms with E-state index in [0.717, 1.165) is 0 Å². The van der Waals surface area contributed by atoms with Crippen LogP contribution in [0.4, 0.5) is 0 Å². The molecule has 17 nitrogen and oxygen atoms in total. The molecule has 1 amide bonds. The van der Waals surface area contributed by atoms with Crippen molar-refractivity contribution < 1.29 is 59.5 Å². The van der Waals surface area contributed by atoms with Crippen molar-refractivity contribution >= 4 is 5.91 Å². The first-order valence-corrected chi connectivity index (χ1v) is 12.8. The van der Waals surface area contributed by atoms with E-state index in [4.69, 9.17) is 36.1 Å². The molecule has 15 N–H and O–H groups in total. The highest BCUT2D eigenvalue weighted by Crippen LogP contribution is 2.32. The summed E-state index contributed by atoms with van der Waals surface area (Å²) < 4.78 is 22.7. The fraction of sp³-hybridized carbons (Fsp3) is 0.955. The van der Waals surface area contributed by atoms with E-state index in [1.165, 1.54) is 14.0 Å². The second-order valence-corrected chi connectivity index (χ2v) is 10.5. The van der Waals surface area contributed by atoms with Gasteiger partial charge in [-0.2, -0.15) is 0 Å². The summed E-state index contributed by atoms with van der Waals surface area (Å²) >= 11 is 0. The normalized spacial score (nSPS) is 47.9. The summed E-state index contributed by atoms with van der Waals surface area (Å²) in [7, 11) is 1.52. The zero-order chi connectivity index (χ0) is 29.2. The maximum absolute atomic E-state index is 12.4. The lowest BCUT2D eigenvalue weighted by molar-refractivity contribution is -0.330. The highest BCUT2D eigenvalue weighted by atomic mass is 16.7. The Balaban J connectivity index is 1.84. The number of aliphatic hydroxyl groups is 7. The number of carbonyl (C=O) groups excluding carboxylic acids is 1. The number of aliphatic hydroxyl groups excluding tert-OH is 6. The number of nitrogens with two attached hydrogens (primary N) is 3. The van der Waals surface area contributed by atoms with Gasteiger partial charge in [-0.15, -0.1) is 0 Å². The van der Waals surface area contributed by atoms with Crippen LogP contribution in [0.5, 0.6) is 0 Å². The van der Waals surface area contributed by atoms with Crippen molar-refractivity contribution in [1.82, 2.24) is 10.6 Å². The van der Waals surface area contributed by atoms with Gasteiger partial charge in [0.15, 0.2) is 12.6 Å². The van der Waals surface area contributed by atoms with E-state index < -0.39 is 97.1 Å². The van der Waals surface area contributed by atoms with Crippen molar-refractivity contribution in [2.45, 2.75) is 105 Å². The van der Waals surface area contributed by atoms with E-state index in [-0.39, 0.29) is 26.1 Å². The number of amides is 1. The Labute approximate surface area is 225 Å². The zero-order valence-electron chi connectivity index (χ0n) is 21.8. The molecule has 0 bridgehead atoms. The van der Waals surface area contributed by atoms with Gasteiger partial charge in [0.05, 0.1) is 18.7 Å². The van der Waals surface area contributed by atoms with E-state index in [0.29, 0.717) is 0 Å². The summed E-state index contributed by atoms with van der Waals surface area (Å²) in [4.78, 5) is 12.4. The number of rotatable bonds is 9. The van der Waals surface area contributed by atoms with Crippen LogP contribution in [-0.4, -0.2) is 160 Å². The van der Waals surface area contributed by atoms with Crippen molar-refractivity contribution in [2.75, 3.05) is 26.7 Å². The smallest absolute Gasteiger partial charge is 0.250 e. The second kappa shape index (κ2) is 13.2. The molecule has 3 aliphatic rings. The Morgan fingerprint density at radius 2 is 1.67 bits per heavy atom. The lowest BCUT2D eigenvalue weighted by Gasteiger charge is -2.49. The van der Waals surface area contributed by atoms with Crippen LogP contribution < -0.4 is 27.8 Å². The molecule has 2 aliphatic heterocycles. The summed E-state index contributed by atoms with van der Waals surface area (Å²) in [6.07, 6.45) is -16.3. The highest BCUT2D eigenvalue weighted by Gasteiger charge is 2.53. The Bertz CT molecular complexity index is 811. The fourth-order valence-corrected chi connectivity index (χ4v) is 5.22. The van der Waals surface area contributed by atoms with Gasteiger partial charge in [0.25, 0.3) is 0 Å². The summed E-state index contributed by atoms with van der Waals surface area (Å²) in [6, 6.07) is -2.92. The van der Waals surface area contributed by atoms with Gasteiger partial charge in [-0.1, -0.05) is 0 Å². The lowest BCUT2D eigenvalue weighted by Crippen LogP contribution is -2.70. The standard InChI is InChI=1S/C22H43N5O12/c1-22(35)6-36-20(15(33)18(22)26-2)39-17-8(27-19(34)9(28)4-23)3-7(25)16(14(17)32)38-21-13(31)12(30)11(29)10(5-24)37-21/h7-18,20-21,26,28-33,35H,3-6,23-25H2,1-2H3,(H,27,34)/t7?,8-,9+,10-,11-,12?,13?,14+,15?,16-,17?,18?,20-,21-,22+/m1/s1. The molecule has 15 atom stereocenters. The third-order valence-electron chi connectivity index (χ3n) is 7.50. The maximum atomic E-state index is 12.4. The minimum absolute atomic E-state index is 0.0836. The van der Waals surface area contributed by atoms with Crippen LogP contribution in [0.1, 0.15) is 13.3 Å². The third-order valence-corrected chi connectivity index (χ3v) is 7.50. The van der Waals surface area contributed by atoms with Crippen molar-refractivity contribution in [3.8, 4) is 0 Å². The Kier molecular flexibility index (Phi) is 11.0. The number of carbonyl (C=O) groups is 1. The number of ether oxygens (including phenoxy) is 4. The molecule has 17 heteroatoms. The van der Waals surface area contributed by atoms with E-state index in [1.54, 1.807) is 0 Å². The first kappa shape index (κ1) is 32.4. The summed E-state index contributed by atoms with van der Waals surface area (Å²) in [5, 5.41) is 78.5. The monoisotopic (exact) mass is 569 g/mol. The molecule has 2 heterocycles. The minimum atomic E-state index is -1.72. The highest BCUT2D eigenvalue weighted by molar-refractivity contribution is 5.81. The van der Waals surface area contributed by atoms with Crippen molar-refractivity contribution in [3.05, 3.63) is 0 Å². The van der Waals surface area contributed by atoms with Gasteiger partial charge in [-0.25, -0.2) is 0 Å². The van der Waals surface area contributed by atoms with E-state index in [2.05, 4.69) is 10.6 Å². The molecule has 39 heavy (non-hydrogen) atoms. The Morgan fingerprint density at radius 1 is 1.03 bits per heavy atom. The largest absolute Gasteiger partial charge is 0.388 e. The van der Waals surface area contributed by atoms with Gasteiger partial charge in [0.2, 0.25) is 5.91 Å². The Morgan fingerprint density at radius 3 is 2.26 bits per heavy atom. The average molecular weight is 570 g/mol. The quantitative estimate of drug-likeness (QED) is 0.123. The first-order valence-electron chi connectivity index (χ1n) is 12.8. The van der Waals surface area contributed by atoms with Gasteiger partial charge < -0.3 is 82.5 Å². The van der Waals surface area contributed by atoms with Crippen molar-refractivity contribution in [3.63, 3.8) is 0 Å². The first-order chi connectivity index (χ1) is 18.3. The number of hydrogen-bond donors (Lipinski definition) is 12. The van der Waals surface area contributed by atoms with Crippen LogP contribution in [-0.2, 0) is 23.7 Å². The van der Waals surface area contributed by atoms with Crippen LogP contribution in [0.3, 0.4) is 0 Å². The predicted octanol–water partition coefficient (Wildman–Crippen LogP) is -7.52. The van der Waals surface area contributed by atoms with Gasteiger partial charge in [0, 0.05) is 19.1 Å².